The average molecular weight is 411 g/mol. The Bertz CT molecular complexity index is 869. The molecule has 2 heterocycles. The van der Waals surface area contributed by atoms with Crippen molar-refractivity contribution >= 4 is 23.3 Å². The molecule has 2 unspecified atom stereocenters. The van der Waals surface area contributed by atoms with Gasteiger partial charge in [0.15, 0.2) is 6.61 Å². The minimum Gasteiger partial charge on any atom is -0.483 e. The summed E-state index contributed by atoms with van der Waals surface area (Å²) in [6, 6.07) is 11.5. The first kappa shape index (κ1) is 21.6. The Morgan fingerprint density at radius 2 is 2.10 bits per heavy atom. The molecule has 1 aromatic heterocycles. The number of nitrogens with zero attached hydrogens (tertiary/aromatic N) is 2. The lowest BCUT2D eigenvalue weighted by molar-refractivity contribution is -0.122. The number of ether oxygens (including phenoxy) is 1. The topological polar surface area (TPSA) is 97.5 Å². The summed E-state index contributed by atoms with van der Waals surface area (Å²) in [6.07, 6.45) is 4.35. The van der Waals surface area contributed by atoms with E-state index in [0.717, 1.165) is 42.9 Å². The molecule has 1 aromatic carbocycles. The molecule has 0 bridgehead atoms. The Kier molecular flexibility index (Phi) is 7.27. The van der Waals surface area contributed by atoms with Gasteiger partial charge in [-0.25, -0.2) is 4.98 Å². The summed E-state index contributed by atoms with van der Waals surface area (Å²) in [4.78, 5) is 30.3. The number of amides is 2. The molecule has 1 fully saturated rings. The smallest absolute Gasteiger partial charge is 0.262 e. The van der Waals surface area contributed by atoms with Gasteiger partial charge in [0.25, 0.3) is 5.91 Å². The summed E-state index contributed by atoms with van der Waals surface area (Å²) < 4.78 is 5.76. The number of pyridine rings is 1. The van der Waals surface area contributed by atoms with Gasteiger partial charge >= 0.3 is 0 Å². The number of carbonyl (C=O) groups is 2. The van der Waals surface area contributed by atoms with Gasteiger partial charge in [-0.3, -0.25) is 9.59 Å². The van der Waals surface area contributed by atoms with Crippen molar-refractivity contribution in [3.05, 3.63) is 48.2 Å². The van der Waals surface area contributed by atoms with Gasteiger partial charge in [-0.2, -0.15) is 0 Å². The number of primary amides is 1. The minimum absolute atomic E-state index is 0.0678. The highest BCUT2D eigenvalue weighted by molar-refractivity contribution is 5.91. The van der Waals surface area contributed by atoms with Gasteiger partial charge < -0.3 is 20.7 Å². The van der Waals surface area contributed by atoms with E-state index in [4.69, 9.17) is 10.5 Å². The Morgan fingerprint density at radius 3 is 2.80 bits per heavy atom. The zero-order valence-electron chi connectivity index (χ0n) is 17.6. The Hall–Kier alpha value is -3.09. The molecular weight excluding hydrogens is 380 g/mol. The molecule has 160 valence electrons. The van der Waals surface area contributed by atoms with Crippen LogP contribution in [-0.4, -0.2) is 36.5 Å². The number of para-hydroxylation sites is 1. The number of nitrogens with two attached hydrogens (primary N) is 1. The van der Waals surface area contributed by atoms with E-state index in [0.29, 0.717) is 18.2 Å². The maximum Gasteiger partial charge on any atom is 0.262 e. The lowest BCUT2D eigenvalue weighted by Gasteiger charge is -2.32. The van der Waals surface area contributed by atoms with E-state index in [1.54, 1.807) is 12.3 Å². The number of anilines is 2. The molecule has 3 N–H and O–H groups in total. The predicted octanol–water partition coefficient (Wildman–Crippen LogP) is 3.31. The van der Waals surface area contributed by atoms with Crippen LogP contribution in [-0.2, 0) is 9.59 Å². The fourth-order valence-electron chi connectivity index (χ4n) is 3.64. The van der Waals surface area contributed by atoms with Crippen LogP contribution in [0.15, 0.2) is 42.6 Å². The fourth-order valence-corrected chi connectivity index (χ4v) is 3.64. The van der Waals surface area contributed by atoms with E-state index in [1.165, 1.54) is 0 Å². The zero-order valence-corrected chi connectivity index (χ0v) is 17.6. The maximum atomic E-state index is 12.3. The number of aromatic nitrogens is 1. The number of nitrogens with one attached hydrogen (secondary N) is 1. The molecule has 7 nitrogen and oxygen atoms in total. The van der Waals surface area contributed by atoms with Crippen molar-refractivity contribution in [3.8, 4) is 5.75 Å². The van der Waals surface area contributed by atoms with Crippen LogP contribution in [0.3, 0.4) is 0 Å². The molecule has 0 spiro atoms. The van der Waals surface area contributed by atoms with E-state index >= 15 is 0 Å². The van der Waals surface area contributed by atoms with Crippen LogP contribution in [0, 0.1) is 5.92 Å². The Labute approximate surface area is 177 Å². The number of hydrogen-bond acceptors (Lipinski definition) is 5. The first-order valence-electron chi connectivity index (χ1n) is 10.5. The lowest BCUT2D eigenvalue weighted by atomic mass is 9.97. The summed E-state index contributed by atoms with van der Waals surface area (Å²) in [5.74, 6) is 1.23. The van der Waals surface area contributed by atoms with Crippen LogP contribution in [0.4, 0.5) is 11.5 Å². The normalized spacial score (nSPS) is 17.3. The third kappa shape index (κ3) is 5.49. The number of rotatable bonds is 8. The summed E-state index contributed by atoms with van der Waals surface area (Å²) in [5, 5.41) is 2.81. The molecule has 0 saturated carbocycles. The molecule has 2 amide bonds. The molecule has 0 radical (unpaired) electrons. The molecule has 1 aliphatic rings. The molecule has 2 atom stereocenters. The first-order chi connectivity index (χ1) is 14.5. The maximum absolute atomic E-state index is 12.3. The summed E-state index contributed by atoms with van der Waals surface area (Å²) in [6.45, 7) is 5.62. The van der Waals surface area contributed by atoms with Crippen molar-refractivity contribution in [1.82, 2.24) is 4.98 Å². The van der Waals surface area contributed by atoms with Gasteiger partial charge in [0.2, 0.25) is 5.91 Å². The summed E-state index contributed by atoms with van der Waals surface area (Å²) in [7, 11) is 0. The van der Waals surface area contributed by atoms with E-state index in [-0.39, 0.29) is 24.3 Å². The molecule has 30 heavy (non-hydrogen) atoms. The molecule has 3 rings (SSSR count). The van der Waals surface area contributed by atoms with Crippen LogP contribution in [0.5, 0.6) is 5.75 Å². The van der Waals surface area contributed by atoms with Gasteiger partial charge in [0.1, 0.15) is 11.6 Å². The van der Waals surface area contributed by atoms with Gasteiger partial charge in [-0.15, -0.1) is 0 Å². The van der Waals surface area contributed by atoms with E-state index in [1.807, 2.05) is 30.3 Å². The van der Waals surface area contributed by atoms with Crippen LogP contribution in [0.1, 0.15) is 44.6 Å². The van der Waals surface area contributed by atoms with E-state index < -0.39 is 0 Å². The number of benzene rings is 1. The lowest BCUT2D eigenvalue weighted by Crippen LogP contribution is -2.41. The van der Waals surface area contributed by atoms with Gasteiger partial charge in [-0.1, -0.05) is 32.0 Å². The van der Waals surface area contributed by atoms with Gasteiger partial charge in [0, 0.05) is 13.1 Å². The third-order valence-electron chi connectivity index (χ3n) is 5.60. The highest BCUT2D eigenvalue weighted by Crippen LogP contribution is 2.28. The Balaban J connectivity index is 1.55. The van der Waals surface area contributed by atoms with Gasteiger partial charge in [-0.05, 0) is 48.9 Å². The Morgan fingerprint density at radius 1 is 1.30 bits per heavy atom. The van der Waals surface area contributed by atoms with Crippen molar-refractivity contribution in [2.45, 2.75) is 39.0 Å². The summed E-state index contributed by atoms with van der Waals surface area (Å²) >= 11 is 0. The second kappa shape index (κ2) is 10.1. The van der Waals surface area contributed by atoms with Crippen LogP contribution < -0.4 is 20.7 Å². The molecule has 0 aliphatic carbocycles. The number of carbonyl (C=O) groups excluding carboxylic acids is 2. The van der Waals surface area contributed by atoms with Crippen LogP contribution in [0.25, 0.3) is 0 Å². The second-order valence-electron chi connectivity index (χ2n) is 7.78. The SMILES string of the molecule is CCC(C)c1ccccc1OCC(=O)Nc1ccc(N2CCCC(C(N)=O)C2)nc1. The van der Waals surface area contributed by atoms with Crippen molar-refractivity contribution in [3.63, 3.8) is 0 Å². The molecular formula is C23H30N4O3. The van der Waals surface area contributed by atoms with Crippen molar-refractivity contribution in [2.75, 3.05) is 29.9 Å². The second-order valence-corrected chi connectivity index (χ2v) is 7.78. The number of hydrogen-bond donors (Lipinski definition) is 2. The van der Waals surface area contributed by atoms with Crippen molar-refractivity contribution < 1.29 is 14.3 Å². The van der Waals surface area contributed by atoms with Crippen molar-refractivity contribution in [2.24, 2.45) is 11.7 Å². The van der Waals surface area contributed by atoms with Gasteiger partial charge in [0.05, 0.1) is 17.8 Å². The van der Waals surface area contributed by atoms with E-state index in [2.05, 4.69) is 29.0 Å². The number of piperidine rings is 1. The highest BCUT2D eigenvalue weighted by Gasteiger charge is 2.24. The quantitative estimate of drug-likeness (QED) is 0.696. The largest absolute Gasteiger partial charge is 0.483 e. The molecule has 2 aromatic rings. The highest BCUT2D eigenvalue weighted by atomic mass is 16.5. The predicted molar refractivity (Wildman–Crippen MR) is 118 cm³/mol. The fraction of sp³-hybridized carbons (Fsp3) is 0.435. The standard InChI is InChI=1S/C23H30N4O3/c1-3-16(2)19-8-4-5-9-20(19)30-15-22(28)26-18-10-11-21(25-13-18)27-12-6-7-17(14-27)23(24)29/h4-5,8-11,13,16-17H,3,6-7,12,14-15H2,1-2H3,(H2,24,29)(H,26,28). The monoisotopic (exact) mass is 410 g/mol. The minimum atomic E-state index is -0.265. The summed E-state index contributed by atoms with van der Waals surface area (Å²) in [5.41, 5.74) is 7.15. The average Bonchev–Trinajstić information content (AvgIpc) is 2.78. The van der Waals surface area contributed by atoms with Crippen molar-refractivity contribution in [1.29, 1.82) is 0 Å². The van der Waals surface area contributed by atoms with Crippen LogP contribution >= 0.6 is 0 Å². The van der Waals surface area contributed by atoms with Crippen LogP contribution in [0.2, 0.25) is 0 Å². The molecule has 1 aliphatic heterocycles. The molecule has 7 heteroatoms. The zero-order chi connectivity index (χ0) is 21.5. The third-order valence-corrected chi connectivity index (χ3v) is 5.60. The van der Waals surface area contributed by atoms with E-state index in [9.17, 15) is 9.59 Å². The molecule has 1 saturated heterocycles. The first-order valence-corrected chi connectivity index (χ1v) is 10.5.